The van der Waals surface area contributed by atoms with Crippen LogP contribution in [0, 0.1) is 17.0 Å². The first-order valence-corrected chi connectivity index (χ1v) is 7.90. The number of H-pyrrole nitrogens is 1. The lowest BCUT2D eigenvalue weighted by molar-refractivity contribution is -0.385. The SMILES string of the molecule is Cc1[nH]nc(C(=O)O[C@H](C)C(=O)N2CC(=O)Nc3ccccc32)c1[N+](=O)[O-]. The molecule has 1 aromatic carbocycles. The van der Waals surface area contributed by atoms with Crippen LogP contribution in [0.25, 0.3) is 0 Å². The van der Waals surface area contributed by atoms with Gasteiger partial charge in [0.1, 0.15) is 12.2 Å². The van der Waals surface area contributed by atoms with Crippen molar-refractivity contribution in [2.75, 3.05) is 16.8 Å². The average molecular weight is 373 g/mol. The van der Waals surface area contributed by atoms with Gasteiger partial charge in [-0.3, -0.25) is 29.7 Å². The number of aromatic amines is 1. The molecule has 1 atom stereocenters. The largest absolute Gasteiger partial charge is 0.448 e. The van der Waals surface area contributed by atoms with Gasteiger partial charge in [-0.15, -0.1) is 0 Å². The number of para-hydroxylation sites is 2. The number of hydrogen-bond acceptors (Lipinski definition) is 7. The summed E-state index contributed by atoms with van der Waals surface area (Å²) < 4.78 is 5.06. The van der Waals surface area contributed by atoms with E-state index in [0.717, 1.165) is 0 Å². The molecule has 27 heavy (non-hydrogen) atoms. The zero-order chi connectivity index (χ0) is 19.7. The number of aryl methyl sites for hydroxylation is 1. The van der Waals surface area contributed by atoms with E-state index in [1.54, 1.807) is 24.3 Å². The summed E-state index contributed by atoms with van der Waals surface area (Å²) >= 11 is 0. The summed E-state index contributed by atoms with van der Waals surface area (Å²) in [5.41, 5.74) is -0.0189. The molecule has 0 saturated carbocycles. The van der Waals surface area contributed by atoms with Crippen LogP contribution in [-0.2, 0) is 14.3 Å². The van der Waals surface area contributed by atoms with Crippen molar-refractivity contribution in [2.24, 2.45) is 0 Å². The first-order chi connectivity index (χ1) is 12.8. The Morgan fingerprint density at radius 1 is 1.37 bits per heavy atom. The lowest BCUT2D eigenvalue weighted by Crippen LogP contribution is -2.47. The number of aromatic nitrogens is 2. The van der Waals surface area contributed by atoms with Gasteiger partial charge >= 0.3 is 11.7 Å². The van der Waals surface area contributed by atoms with Gasteiger partial charge in [-0.1, -0.05) is 12.1 Å². The first-order valence-electron chi connectivity index (χ1n) is 7.90. The maximum atomic E-state index is 12.7. The van der Waals surface area contributed by atoms with Gasteiger partial charge in [-0.05, 0) is 26.0 Å². The number of esters is 1. The van der Waals surface area contributed by atoms with Gasteiger partial charge < -0.3 is 10.1 Å². The van der Waals surface area contributed by atoms with E-state index in [4.69, 9.17) is 4.74 Å². The Kier molecular flexibility index (Phi) is 4.59. The monoisotopic (exact) mass is 373 g/mol. The fraction of sp³-hybridized carbons (Fsp3) is 0.250. The lowest BCUT2D eigenvalue weighted by Gasteiger charge is -2.30. The maximum absolute atomic E-state index is 12.7. The third-order valence-electron chi connectivity index (χ3n) is 3.96. The van der Waals surface area contributed by atoms with Crippen LogP contribution in [0.15, 0.2) is 24.3 Å². The smallest absolute Gasteiger partial charge is 0.366 e. The van der Waals surface area contributed by atoms with Crippen molar-refractivity contribution in [2.45, 2.75) is 20.0 Å². The van der Waals surface area contributed by atoms with E-state index in [1.807, 2.05) is 0 Å². The number of nitro groups is 1. The fourth-order valence-corrected chi connectivity index (χ4v) is 2.71. The standard InChI is InChI=1S/C16H15N5O6/c1-8-14(21(25)26)13(19-18-8)16(24)27-9(2)15(23)20-7-12(22)17-10-5-3-4-6-11(10)20/h3-6,9H,7H2,1-2H3,(H,17,22)(H,18,19)/t9-/m1/s1. The van der Waals surface area contributed by atoms with E-state index in [2.05, 4.69) is 15.5 Å². The highest BCUT2D eigenvalue weighted by atomic mass is 16.6. The summed E-state index contributed by atoms with van der Waals surface area (Å²) in [7, 11) is 0. The average Bonchev–Trinajstić information content (AvgIpc) is 3.02. The molecule has 2 N–H and O–H groups in total. The van der Waals surface area contributed by atoms with E-state index in [0.29, 0.717) is 11.4 Å². The van der Waals surface area contributed by atoms with Crippen LogP contribution in [0.4, 0.5) is 17.1 Å². The van der Waals surface area contributed by atoms with E-state index in [9.17, 15) is 24.5 Å². The van der Waals surface area contributed by atoms with Gasteiger partial charge in [0.2, 0.25) is 11.6 Å². The highest BCUT2D eigenvalue weighted by molar-refractivity contribution is 6.11. The molecule has 11 nitrogen and oxygen atoms in total. The number of hydrogen-bond donors (Lipinski definition) is 2. The molecule has 0 fully saturated rings. The number of ether oxygens (including phenoxy) is 1. The number of carbonyl (C=O) groups is 3. The minimum absolute atomic E-state index is 0.0903. The zero-order valence-corrected chi connectivity index (χ0v) is 14.4. The minimum Gasteiger partial charge on any atom is -0.448 e. The van der Waals surface area contributed by atoms with Crippen LogP contribution in [0.3, 0.4) is 0 Å². The molecule has 2 heterocycles. The molecule has 0 bridgehead atoms. The molecule has 0 radical (unpaired) electrons. The van der Waals surface area contributed by atoms with Crippen molar-refractivity contribution in [3.05, 3.63) is 45.8 Å². The number of fused-ring (bicyclic) bond motifs is 1. The highest BCUT2D eigenvalue weighted by Gasteiger charge is 2.34. The Morgan fingerprint density at radius 3 is 2.78 bits per heavy atom. The second kappa shape index (κ2) is 6.86. The van der Waals surface area contributed by atoms with Gasteiger partial charge in [0.25, 0.3) is 5.91 Å². The summed E-state index contributed by atoms with van der Waals surface area (Å²) in [6, 6.07) is 6.68. The van der Waals surface area contributed by atoms with E-state index in [1.165, 1.54) is 18.7 Å². The summed E-state index contributed by atoms with van der Waals surface area (Å²) in [5, 5.41) is 19.6. The lowest BCUT2D eigenvalue weighted by atomic mass is 10.1. The van der Waals surface area contributed by atoms with Gasteiger partial charge in [0.05, 0.1) is 16.3 Å². The third-order valence-corrected chi connectivity index (χ3v) is 3.96. The van der Waals surface area contributed by atoms with Crippen molar-refractivity contribution >= 4 is 34.8 Å². The van der Waals surface area contributed by atoms with E-state index in [-0.39, 0.29) is 18.1 Å². The normalized spacial score (nSPS) is 14.1. The van der Waals surface area contributed by atoms with E-state index >= 15 is 0 Å². The Balaban J connectivity index is 1.80. The number of amides is 2. The number of rotatable bonds is 4. The molecule has 1 aromatic heterocycles. The molecule has 11 heteroatoms. The molecular weight excluding hydrogens is 358 g/mol. The minimum atomic E-state index is -1.28. The van der Waals surface area contributed by atoms with Crippen molar-refractivity contribution < 1.29 is 24.0 Å². The van der Waals surface area contributed by atoms with Crippen molar-refractivity contribution in [1.29, 1.82) is 0 Å². The molecule has 2 aromatic rings. The molecule has 0 saturated heterocycles. The Bertz CT molecular complexity index is 953. The number of carbonyl (C=O) groups excluding carboxylic acids is 3. The first kappa shape index (κ1) is 18.0. The molecule has 2 amide bonds. The van der Waals surface area contributed by atoms with Gasteiger partial charge in [0.15, 0.2) is 6.10 Å². The molecule has 140 valence electrons. The van der Waals surface area contributed by atoms with Crippen LogP contribution < -0.4 is 10.2 Å². The Morgan fingerprint density at radius 2 is 2.07 bits per heavy atom. The van der Waals surface area contributed by atoms with Gasteiger partial charge in [-0.25, -0.2) is 4.79 Å². The number of nitrogens with one attached hydrogen (secondary N) is 2. The number of nitrogens with zero attached hydrogens (tertiary/aromatic N) is 3. The second-order valence-electron chi connectivity index (χ2n) is 5.84. The van der Waals surface area contributed by atoms with E-state index < -0.39 is 34.3 Å². The number of benzene rings is 1. The van der Waals surface area contributed by atoms with Crippen molar-refractivity contribution in [3.8, 4) is 0 Å². The van der Waals surface area contributed by atoms with Gasteiger partial charge in [0, 0.05) is 0 Å². The summed E-state index contributed by atoms with van der Waals surface area (Å²) in [6.07, 6.45) is -1.28. The highest BCUT2D eigenvalue weighted by Crippen LogP contribution is 2.29. The quantitative estimate of drug-likeness (QED) is 0.464. The predicted molar refractivity (Wildman–Crippen MR) is 92.3 cm³/mol. The fourth-order valence-electron chi connectivity index (χ4n) is 2.71. The van der Waals surface area contributed by atoms with Crippen molar-refractivity contribution in [3.63, 3.8) is 0 Å². The van der Waals surface area contributed by atoms with Crippen molar-refractivity contribution in [1.82, 2.24) is 10.2 Å². The van der Waals surface area contributed by atoms with Crippen LogP contribution in [0.2, 0.25) is 0 Å². The zero-order valence-electron chi connectivity index (χ0n) is 14.4. The van der Waals surface area contributed by atoms with Gasteiger partial charge in [-0.2, -0.15) is 5.10 Å². The predicted octanol–water partition coefficient (Wildman–Crippen LogP) is 1.16. The molecule has 0 spiro atoms. The summed E-state index contributed by atoms with van der Waals surface area (Å²) in [4.78, 5) is 48.3. The topological polar surface area (TPSA) is 148 Å². The second-order valence-corrected chi connectivity index (χ2v) is 5.84. The maximum Gasteiger partial charge on any atom is 0.366 e. The van der Waals surface area contributed by atoms with Crippen LogP contribution in [0.1, 0.15) is 23.1 Å². The summed E-state index contributed by atoms with van der Waals surface area (Å²) in [5.74, 6) is -2.14. The van der Waals surface area contributed by atoms with Crippen LogP contribution in [0.5, 0.6) is 0 Å². The third kappa shape index (κ3) is 3.34. The van der Waals surface area contributed by atoms with Crippen LogP contribution in [-0.4, -0.2) is 45.6 Å². The molecule has 0 unspecified atom stereocenters. The Labute approximate surface area is 152 Å². The molecule has 3 rings (SSSR count). The molecule has 1 aliphatic heterocycles. The molecular formula is C16H15N5O6. The summed E-state index contributed by atoms with van der Waals surface area (Å²) in [6.45, 7) is 2.47. The number of anilines is 2. The Hall–Kier alpha value is -3.76. The molecule has 1 aliphatic rings. The van der Waals surface area contributed by atoms with Crippen LogP contribution >= 0.6 is 0 Å². The molecule has 0 aliphatic carbocycles.